The number of nitrogens with one attached hydrogen (secondary N) is 1. The molecule has 0 aliphatic rings. The predicted octanol–water partition coefficient (Wildman–Crippen LogP) is 4.67. The molecule has 0 atom stereocenters. The number of phenols is 1. The van der Waals surface area contributed by atoms with Crippen molar-refractivity contribution in [2.45, 2.75) is 12.6 Å². The highest BCUT2D eigenvalue weighted by Crippen LogP contribution is 2.31. The summed E-state index contributed by atoms with van der Waals surface area (Å²) in [7, 11) is 1.39. The van der Waals surface area contributed by atoms with Gasteiger partial charge in [-0.3, -0.25) is 0 Å². The van der Waals surface area contributed by atoms with E-state index in [-0.39, 0.29) is 30.3 Å². The standard InChI is InChI=1S/C20H17F4N3O2/c1-29-19-26-16(14-4-2-3-5-17(14)28)11-18(27-19)25-9-8-12-6-7-13(10-15(12)21)20(22,23)24/h2-7,10-11,28H,8-9H2,1H3,(H,25,26,27). The Morgan fingerprint density at radius 3 is 2.48 bits per heavy atom. The van der Waals surface area contributed by atoms with E-state index in [1.165, 1.54) is 13.2 Å². The van der Waals surface area contributed by atoms with Crippen LogP contribution in [-0.2, 0) is 12.6 Å². The Kier molecular flexibility index (Phi) is 5.86. The minimum atomic E-state index is -4.59. The quantitative estimate of drug-likeness (QED) is 0.582. The van der Waals surface area contributed by atoms with Gasteiger partial charge in [0, 0.05) is 18.2 Å². The Hall–Kier alpha value is -3.36. The van der Waals surface area contributed by atoms with Gasteiger partial charge in [0.1, 0.15) is 17.4 Å². The number of ether oxygens (including phenoxy) is 1. The summed E-state index contributed by atoms with van der Waals surface area (Å²) >= 11 is 0. The van der Waals surface area contributed by atoms with Gasteiger partial charge in [0.25, 0.3) is 0 Å². The number of methoxy groups -OCH3 is 1. The van der Waals surface area contributed by atoms with Crippen molar-refractivity contribution in [1.29, 1.82) is 0 Å². The third-order valence-corrected chi connectivity index (χ3v) is 4.15. The van der Waals surface area contributed by atoms with Gasteiger partial charge < -0.3 is 15.2 Å². The van der Waals surface area contributed by atoms with Crippen molar-refractivity contribution >= 4 is 5.82 Å². The molecule has 0 saturated carbocycles. The first-order valence-electron chi connectivity index (χ1n) is 8.59. The number of anilines is 1. The normalized spacial score (nSPS) is 11.3. The van der Waals surface area contributed by atoms with Crippen LogP contribution in [0.3, 0.4) is 0 Å². The maximum atomic E-state index is 14.0. The number of phenolic OH excluding ortho intramolecular Hbond substituents is 1. The zero-order valence-electron chi connectivity index (χ0n) is 15.3. The average Bonchev–Trinajstić information content (AvgIpc) is 2.68. The Morgan fingerprint density at radius 1 is 1.07 bits per heavy atom. The number of aromatic hydroxyl groups is 1. The van der Waals surface area contributed by atoms with E-state index < -0.39 is 17.6 Å². The van der Waals surface area contributed by atoms with E-state index in [4.69, 9.17) is 4.74 Å². The molecule has 0 fully saturated rings. The molecule has 3 rings (SSSR count). The first kappa shape index (κ1) is 20.4. The summed E-state index contributed by atoms with van der Waals surface area (Å²) in [5.74, 6) is -0.523. The first-order valence-corrected chi connectivity index (χ1v) is 8.59. The van der Waals surface area contributed by atoms with Crippen LogP contribution in [0.15, 0.2) is 48.5 Å². The molecule has 0 aliphatic heterocycles. The van der Waals surface area contributed by atoms with Gasteiger partial charge in [-0.1, -0.05) is 18.2 Å². The third kappa shape index (κ3) is 4.92. The fourth-order valence-electron chi connectivity index (χ4n) is 2.69. The summed E-state index contributed by atoms with van der Waals surface area (Å²) in [6.07, 6.45) is -4.45. The van der Waals surface area contributed by atoms with Crippen LogP contribution in [0.25, 0.3) is 11.3 Å². The molecule has 0 spiro atoms. The molecule has 0 bridgehead atoms. The average molecular weight is 407 g/mol. The molecule has 2 N–H and O–H groups in total. The summed E-state index contributed by atoms with van der Waals surface area (Å²) < 4.78 is 56.9. The lowest BCUT2D eigenvalue weighted by molar-refractivity contribution is -0.137. The van der Waals surface area contributed by atoms with Crippen molar-refractivity contribution in [3.63, 3.8) is 0 Å². The summed E-state index contributed by atoms with van der Waals surface area (Å²) in [5, 5.41) is 13.0. The molecular formula is C20H17F4N3O2. The number of aromatic nitrogens is 2. The Bertz CT molecular complexity index is 1010. The van der Waals surface area contributed by atoms with Crippen LogP contribution in [0, 0.1) is 5.82 Å². The highest BCUT2D eigenvalue weighted by Gasteiger charge is 2.31. The summed E-state index contributed by atoms with van der Waals surface area (Å²) in [6.45, 7) is 0.211. The van der Waals surface area contributed by atoms with E-state index >= 15 is 0 Å². The molecule has 9 heteroatoms. The molecule has 0 saturated heterocycles. The van der Waals surface area contributed by atoms with E-state index in [0.717, 1.165) is 12.1 Å². The number of hydrogen-bond donors (Lipinski definition) is 2. The van der Waals surface area contributed by atoms with Crippen molar-refractivity contribution in [3.8, 4) is 23.0 Å². The van der Waals surface area contributed by atoms with Gasteiger partial charge in [0.2, 0.25) is 0 Å². The number of benzene rings is 2. The second-order valence-electron chi connectivity index (χ2n) is 6.12. The number of rotatable bonds is 6. The first-order chi connectivity index (χ1) is 13.8. The van der Waals surface area contributed by atoms with Crippen LogP contribution < -0.4 is 10.1 Å². The second-order valence-corrected chi connectivity index (χ2v) is 6.12. The van der Waals surface area contributed by atoms with Gasteiger partial charge >= 0.3 is 12.2 Å². The zero-order valence-corrected chi connectivity index (χ0v) is 15.3. The Morgan fingerprint density at radius 2 is 1.83 bits per heavy atom. The molecule has 2 aromatic carbocycles. The molecule has 5 nitrogen and oxygen atoms in total. The molecule has 0 radical (unpaired) electrons. The van der Waals surface area contributed by atoms with E-state index in [1.54, 1.807) is 24.3 Å². The van der Waals surface area contributed by atoms with E-state index in [9.17, 15) is 22.7 Å². The molecule has 29 heavy (non-hydrogen) atoms. The summed E-state index contributed by atoms with van der Waals surface area (Å²) in [5.41, 5.74) is 0.00944. The van der Waals surface area contributed by atoms with Gasteiger partial charge in [0.15, 0.2) is 0 Å². The monoisotopic (exact) mass is 407 g/mol. The molecule has 1 aromatic heterocycles. The predicted molar refractivity (Wildman–Crippen MR) is 99.3 cm³/mol. The van der Waals surface area contributed by atoms with Crippen molar-refractivity contribution in [3.05, 3.63) is 65.5 Å². The van der Waals surface area contributed by atoms with Crippen LogP contribution in [0.1, 0.15) is 11.1 Å². The van der Waals surface area contributed by atoms with Crippen LogP contribution >= 0.6 is 0 Å². The lowest BCUT2D eigenvalue weighted by atomic mass is 10.1. The lowest BCUT2D eigenvalue weighted by Crippen LogP contribution is -2.10. The minimum absolute atomic E-state index is 0.0334. The summed E-state index contributed by atoms with van der Waals surface area (Å²) in [6, 6.07) is 10.7. The van der Waals surface area contributed by atoms with Gasteiger partial charge in [-0.2, -0.15) is 23.1 Å². The highest BCUT2D eigenvalue weighted by molar-refractivity contribution is 5.69. The van der Waals surface area contributed by atoms with Crippen LogP contribution in [0.2, 0.25) is 0 Å². The smallest absolute Gasteiger partial charge is 0.416 e. The van der Waals surface area contributed by atoms with Gasteiger partial charge in [-0.05, 0) is 36.2 Å². The molecule has 1 heterocycles. The lowest BCUT2D eigenvalue weighted by Gasteiger charge is -2.11. The van der Waals surface area contributed by atoms with Crippen molar-refractivity contribution in [1.82, 2.24) is 9.97 Å². The number of para-hydroxylation sites is 1. The van der Waals surface area contributed by atoms with Crippen molar-refractivity contribution in [2.75, 3.05) is 19.0 Å². The minimum Gasteiger partial charge on any atom is -0.507 e. The molecule has 0 unspecified atom stereocenters. The highest BCUT2D eigenvalue weighted by atomic mass is 19.4. The SMILES string of the molecule is COc1nc(NCCc2ccc(C(F)(F)F)cc2F)cc(-c2ccccc2O)n1. The number of halogens is 4. The zero-order chi connectivity index (χ0) is 21.0. The van der Waals surface area contributed by atoms with Crippen LogP contribution in [-0.4, -0.2) is 28.7 Å². The Labute approximate surface area is 164 Å². The van der Waals surface area contributed by atoms with Gasteiger partial charge in [0.05, 0.1) is 18.4 Å². The maximum Gasteiger partial charge on any atom is 0.416 e. The molecule has 0 aliphatic carbocycles. The van der Waals surface area contributed by atoms with Gasteiger partial charge in [-0.15, -0.1) is 0 Å². The second kappa shape index (κ2) is 8.34. The molecule has 0 amide bonds. The van der Waals surface area contributed by atoms with Gasteiger partial charge in [-0.25, -0.2) is 4.39 Å². The van der Waals surface area contributed by atoms with E-state index in [2.05, 4.69) is 15.3 Å². The fraction of sp³-hybridized carbons (Fsp3) is 0.200. The van der Waals surface area contributed by atoms with Crippen LogP contribution in [0.4, 0.5) is 23.4 Å². The number of alkyl halides is 3. The van der Waals surface area contributed by atoms with Crippen molar-refractivity contribution < 1.29 is 27.4 Å². The van der Waals surface area contributed by atoms with E-state index in [0.29, 0.717) is 23.1 Å². The van der Waals surface area contributed by atoms with E-state index in [1.807, 2.05) is 0 Å². The largest absolute Gasteiger partial charge is 0.507 e. The molecule has 152 valence electrons. The summed E-state index contributed by atoms with van der Waals surface area (Å²) in [4.78, 5) is 8.33. The third-order valence-electron chi connectivity index (χ3n) is 4.15. The molecular weight excluding hydrogens is 390 g/mol. The maximum absolute atomic E-state index is 14.0. The molecule has 3 aromatic rings. The van der Waals surface area contributed by atoms with Crippen molar-refractivity contribution in [2.24, 2.45) is 0 Å². The number of hydrogen-bond acceptors (Lipinski definition) is 5. The fourth-order valence-corrected chi connectivity index (χ4v) is 2.69. The topological polar surface area (TPSA) is 67.3 Å². The Balaban J connectivity index is 1.74. The number of nitrogens with zero attached hydrogens (tertiary/aromatic N) is 2. The van der Waals surface area contributed by atoms with Crippen LogP contribution in [0.5, 0.6) is 11.8 Å².